The van der Waals surface area contributed by atoms with E-state index in [-0.39, 0.29) is 5.91 Å². The first-order valence-electron chi connectivity index (χ1n) is 8.22. The van der Waals surface area contributed by atoms with E-state index in [9.17, 15) is 4.79 Å². The normalized spacial score (nSPS) is 14.0. The molecule has 2 aromatic rings. The fourth-order valence-electron chi connectivity index (χ4n) is 3.05. The van der Waals surface area contributed by atoms with Crippen LogP contribution >= 0.6 is 0 Å². The summed E-state index contributed by atoms with van der Waals surface area (Å²) in [6, 6.07) is 14.2. The summed E-state index contributed by atoms with van der Waals surface area (Å²) in [6.45, 7) is 2.91. The van der Waals surface area contributed by atoms with E-state index in [0.717, 1.165) is 25.3 Å². The Kier molecular flexibility index (Phi) is 5.29. The second-order valence-electron chi connectivity index (χ2n) is 6.03. The van der Waals surface area contributed by atoms with Gasteiger partial charge >= 0.3 is 0 Å². The number of fused-ring (bicyclic) bond motifs is 1. The lowest BCUT2D eigenvalue weighted by Gasteiger charge is -2.30. The number of carbonyl (C=O) groups is 1. The molecule has 1 aliphatic heterocycles. The minimum atomic E-state index is 0.0426. The molecule has 0 bridgehead atoms. The van der Waals surface area contributed by atoms with Crippen LogP contribution in [0.2, 0.25) is 0 Å². The van der Waals surface area contributed by atoms with Gasteiger partial charge in [0.05, 0.1) is 31.8 Å². The maximum Gasteiger partial charge on any atom is 0.237 e. The van der Waals surface area contributed by atoms with Crippen molar-refractivity contribution in [2.75, 3.05) is 19.6 Å². The van der Waals surface area contributed by atoms with Crippen LogP contribution in [-0.4, -0.2) is 35.3 Å². The standard InChI is InChI=1S/C19H21N3O2/c20-9-4-10-22(14-18-7-3-12-24-18)19(23)15-21-11-8-16-5-1-2-6-17(16)13-21/h1-3,5-7,12H,4,8,10-11,13-15H2. The van der Waals surface area contributed by atoms with Crippen molar-refractivity contribution in [3.05, 3.63) is 59.5 Å². The van der Waals surface area contributed by atoms with Gasteiger partial charge in [0.2, 0.25) is 5.91 Å². The number of rotatable bonds is 6. The molecule has 5 nitrogen and oxygen atoms in total. The average molecular weight is 323 g/mol. The van der Waals surface area contributed by atoms with Crippen molar-refractivity contribution in [1.29, 1.82) is 5.26 Å². The predicted molar refractivity (Wildman–Crippen MR) is 89.8 cm³/mol. The van der Waals surface area contributed by atoms with E-state index in [1.807, 2.05) is 18.2 Å². The van der Waals surface area contributed by atoms with Gasteiger partial charge < -0.3 is 9.32 Å². The van der Waals surface area contributed by atoms with Gasteiger partial charge in [-0.05, 0) is 29.7 Å². The third kappa shape index (κ3) is 4.03. The van der Waals surface area contributed by atoms with Crippen molar-refractivity contribution in [1.82, 2.24) is 9.80 Å². The van der Waals surface area contributed by atoms with Crippen molar-refractivity contribution >= 4 is 5.91 Å². The molecular weight excluding hydrogens is 302 g/mol. The van der Waals surface area contributed by atoms with Gasteiger partial charge in [0.1, 0.15) is 5.76 Å². The van der Waals surface area contributed by atoms with Crippen LogP contribution in [0.15, 0.2) is 47.1 Å². The van der Waals surface area contributed by atoms with E-state index in [0.29, 0.717) is 26.1 Å². The molecule has 24 heavy (non-hydrogen) atoms. The molecule has 1 aromatic heterocycles. The molecule has 0 N–H and O–H groups in total. The zero-order valence-corrected chi connectivity index (χ0v) is 13.6. The molecule has 0 unspecified atom stereocenters. The second kappa shape index (κ2) is 7.80. The highest BCUT2D eigenvalue weighted by molar-refractivity contribution is 5.78. The van der Waals surface area contributed by atoms with Crippen LogP contribution in [0, 0.1) is 11.3 Å². The molecule has 0 spiro atoms. The Hall–Kier alpha value is -2.58. The molecule has 0 fully saturated rings. The fourth-order valence-corrected chi connectivity index (χ4v) is 3.05. The van der Waals surface area contributed by atoms with Crippen LogP contribution < -0.4 is 0 Å². The molecule has 124 valence electrons. The monoisotopic (exact) mass is 323 g/mol. The van der Waals surface area contributed by atoms with Gasteiger partial charge in [0.25, 0.3) is 0 Å². The van der Waals surface area contributed by atoms with Gasteiger partial charge in [-0.1, -0.05) is 24.3 Å². The summed E-state index contributed by atoms with van der Waals surface area (Å²) in [4.78, 5) is 16.6. The number of hydrogen-bond donors (Lipinski definition) is 0. The van der Waals surface area contributed by atoms with Crippen LogP contribution in [0.5, 0.6) is 0 Å². The molecule has 3 rings (SSSR count). The first kappa shape index (κ1) is 16.3. The lowest BCUT2D eigenvalue weighted by Crippen LogP contribution is -2.42. The maximum absolute atomic E-state index is 12.7. The van der Waals surface area contributed by atoms with E-state index in [2.05, 4.69) is 29.2 Å². The van der Waals surface area contributed by atoms with E-state index in [1.54, 1.807) is 11.2 Å². The maximum atomic E-state index is 12.7. The van der Waals surface area contributed by atoms with E-state index in [4.69, 9.17) is 9.68 Å². The fraction of sp³-hybridized carbons (Fsp3) is 0.368. The van der Waals surface area contributed by atoms with Gasteiger partial charge in [-0.3, -0.25) is 9.69 Å². The van der Waals surface area contributed by atoms with Gasteiger partial charge in [-0.2, -0.15) is 5.26 Å². The van der Waals surface area contributed by atoms with Crippen molar-refractivity contribution in [2.45, 2.75) is 25.9 Å². The SMILES string of the molecule is N#CCCN(Cc1ccco1)C(=O)CN1CCc2ccccc2C1. The summed E-state index contributed by atoms with van der Waals surface area (Å²) in [5, 5.41) is 8.83. The molecule has 1 aromatic carbocycles. The number of benzene rings is 1. The van der Waals surface area contributed by atoms with Crippen LogP contribution in [0.25, 0.3) is 0 Å². The summed E-state index contributed by atoms with van der Waals surface area (Å²) in [5.41, 5.74) is 2.67. The number of nitrogens with zero attached hydrogens (tertiary/aromatic N) is 3. The topological polar surface area (TPSA) is 60.5 Å². The van der Waals surface area contributed by atoms with Crippen molar-refractivity contribution in [3.8, 4) is 6.07 Å². The zero-order chi connectivity index (χ0) is 16.8. The van der Waals surface area contributed by atoms with Crippen molar-refractivity contribution in [2.24, 2.45) is 0 Å². The molecule has 1 aliphatic rings. The summed E-state index contributed by atoms with van der Waals surface area (Å²) < 4.78 is 5.34. The van der Waals surface area contributed by atoms with Crippen LogP contribution in [-0.2, 0) is 24.3 Å². The van der Waals surface area contributed by atoms with Gasteiger partial charge in [0, 0.05) is 19.6 Å². The molecule has 2 heterocycles. The number of amides is 1. The quantitative estimate of drug-likeness (QED) is 0.820. The third-order valence-corrected chi connectivity index (χ3v) is 4.34. The Morgan fingerprint density at radius 2 is 2.08 bits per heavy atom. The molecule has 0 aliphatic carbocycles. The van der Waals surface area contributed by atoms with E-state index in [1.165, 1.54) is 11.1 Å². The Labute approximate surface area is 142 Å². The minimum Gasteiger partial charge on any atom is -0.467 e. The summed E-state index contributed by atoms with van der Waals surface area (Å²) in [7, 11) is 0. The third-order valence-electron chi connectivity index (χ3n) is 4.34. The molecule has 0 saturated carbocycles. The number of hydrogen-bond acceptors (Lipinski definition) is 4. The summed E-state index contributed by atoms with van der Waals surface area (Å²) >= 11 is 0. The highest BCUT2D eigenvalue weighted by Crippen LogP contribution is 2.18. The Morgan fingerprint density at radius 3 is 2.83 bits per heavy atom. The molecule has 5 heteroatoms. The van der Waals surface area contributed by atoms with E-state index < -0.39 is 0 Å². The van der Waals surface area contributed by atoms with Crippen molar-refractivity contribution in [3.63, 3.8) is 0 Å². The van der Waals surface area contributed by atoms with Crippen molar-refractivity contribution < 1.29 is 9.21 Å². The number of carbonyl (C=O) groups excluding carboxylic acids is 1. The molecular formula is C19H21N3O2. The molecule has 0 atom stereocenters. The predicted octanol–water partition coefficient (Wildman–Crippen LogP) is 2.58. The Morgan fingerprint density at radius 1 is 1.25 bits per heavy atom. The first-order chi connectivity index (χ1) is 11.8. The largest absolute Gasteiger partial charge is 0.467 e. The average Bonchev–Trinajstić information content (AvgIpc) is 3.11. The second-order valence-corrected chi connectivity index (χ2v) is 6.03. The Bertz CT molecular complexity index is 718. The smallest absolute Gasteiger partial charge is 0.237 e. The lowest BCUT2D eigenvalue weighted by atomic mass is 10.00. The summed E-state index contributed by atoms with van der Waals surface area (Å²) in [6.07, 6.45) is 2.90. The highest BCUT2D eigenvalue weighted by atomic mass is 16.3. The zero-order valence-electron chi connectivity index (χ0n) is 13.6. The number of furan rings is 1. The van der Waals surface area contributed by atoms with Gasteiger partial charge in [0.15, 0.2) is 0 Å². The Balaban J connectivity index is 1.62. The minimum absolute atomic E-state index is 0.0426. The van der Waals surface area contributed by atoms with Crippen LogP contribution in [0.4, 0.5) is 0 Å². The van der Waals surface area contributed by atoms with Crippen LogP contribution in [0.1, 0.15) is 23.3 Å². The summed E-state index contributed by atoms with van der Waals surface area (Å²) in [5.74, 6) is 0.784. The highest BCUT2D eigenvalue weighted by Gasteiger charge is 2.21. The van der Waals surface area contributed by atoms with E-state index >= 15 is 0 Å². The number of nitriles is 1. The van der Waals surface area contributed by atoms with Crippen LogP contribution in [0.3, 0.4) is 0 Å². The van der Waals surface area contributed by atoms with Gasteiger partial charge in [-0.25, -0.2) is 0 Å². The van der Waals surface area contributed by atoms with Gasteiger partial charge in [-0.15, -0.1) is 0 Å². The first-order valence-corrected chi connectivity index (χ1v) is 8.22. The molecule has 0 radical (unpaired) electrons. The lowest BCUT2D eigenvalue weighted by molar-refractivity contribution is -0.133. The molecule has 0 saturated heterocycles. The molecule has 1 amide bonds.